The molecule has 20 heavy (non-hydrogen) atoms. The predicted molar refractivity (Wildman–Crippen MR) is 72.5 cm³/mol. The number of aromatic amines is 1. The molecule has 0 radical (unpaired) electrons. The smallest absolute Gasteiger partial charge is 0.281 e. The van der Waals surface area contributed by atoms with Gasteiger partial charge in [0.05, 0.1) is 12.3 Å². The van der Waals surface area contributed by atoms with Crippen molar-refractivity contribution in [3.8, 4) is 0 Å². The molecular weight excluding hydrogens is 284 g/mol. The highest BCUT2D eigenvalue weighted by atomic mass is 32.2. The predicted octanol–water partition coefficient (Wildman–Crippen LogP) is -0.742. The van der Waals surface area contributed by atoms with Crippen LogP contribution in [-0.2, 0) is 14.9 Å². The van der Waals surface area contributed by atoms with Crippen molar-refractivity contribution in [1.29, 1.82) is 0 Å². The fourth-order valence-electron chi connectivity index (χ4n) is 2.01. The van der Waals surface area contributed by atoms with Crippen LogP contribution in [-0.4, -0.2) is 60.8 Å². The standard InChI is InChI=1S/C11H18N4O4S/c1-8-12-9(6-11(16)13-8)10-7-15(4-5-19-10)20(17,18)14(2)3/h6,10H,4-5,7H2,1-3H3,(H,12,13,16)/t10-/m1/s1. The van der Waals surface area contributed by atoms with Gasteiger partial charge in [-0.2, -0.15) is 17.0 Å². The Balaban J connectivity index is 2.25. The van der Waals surface area contributed by atoms with E-state index in [-0.39, 0.29) is 18.7 Å². The fraction of sp³-hybridized carbons (Fsp3) is 0.636. The van der Waals surface area contributed by atoms with Crippen LogP contribution in [0.1, 0.15) is 17.6 Å². The van der Waals surface area contributed by atoms with E-state index in [0.29, 0.717) is 18.1 Å². The SMILES string of the molecule is Cc1nc([C@H]2CN(S(=O)(=O)N(C)C)CCO2)cc(=O)[nH]1. The molecule has 2 rings (SSSR count). The number of aromatic nitrogens is 2. The zero-order chi connectivity index (χ0) is 14.9. The molecule has 1 aliphatic heterocycles. The molecule has 0 amide bonds. The van der Waals surface area contributed by atoms with Crippen LogP contribution in [0.4, 0.5) is 0 Å². The second kappa shape index (κ2) is 5.60. The fourth-order valence-corrected chi connectivity index (χ4v) is 3.10. The molecule has 0 spiro atoms. The van der Waals surface area contributed by atoms with Gasteiger partial charge in [-0.15, -0.1) is 0 Å². The summed E-state index contributed by atoms with van der Waals surface area (Å²) in [5, 5.41) is 0. The van der Waals surface area contributed by atoms with Crippen molar-refractivity contribution in [1.82, 2.24) is 18.6 Å². The van der Waals surface area contributed by atoms with E-state index in [4.69, 9.17) is 4.74 Å². The molecule has 0 bridgehead atoms. The van der Waals surface area contributed by atoms with E-state index in [2.05, 4.69) is 9.97 Å². The monoisotopic (exact) mass is 302 g/mol. The van der Waals surface area contributed by atoms with Crippen molar-refractivity contribution >= 4 is 10.2 Å². The topological polar surface area (TPSA) is 95.6 Å². The highest BCUT2D eigenvalue weighted by molar-refractivity contribution is 7.86. The van der Waals surface area contributed by atoms with Crippen LogP contribution < -0.4 is 5.56 Å². The summed E-state index contributed by atoms with van der Waals surface area (Å²) in [4.78, 5) is 18.2. The summed E-state index contributed by atoms with van der Waals surface area (Å²) >= 11 is 0. The average Bonchev–Trinajstić information content (AvgIpc) is 2.37. The number of nitrogens with one attached hydrogen (secondary N) is 1. The van der Waals surface area contributed by atoms with Crippen molar-refractivity contribution in [3.63, 3.8) is 0 Å². The number of ether oxygens (including phenoxy) is 1. The van der Waals surface area contributed by atoms with Crippen molar-refractivity contribution in [2.24, 2.45) is 0 Å². The first-order valence-electron chi connectivity index (χ1n) is 6.18. The van der Waals surface area contributed by atoms with Gasteiger partial charge >= 0.3 is 0 Å². The third kappa shape index (κ3) is 3.06. The van der Waals surface area contributed by atoms with Crippen LogP contribution in [0.5, 0.6) is 0 Å². The molecule has 1 aromatic rings. The molecule has 1 fully saturated rings. The van der Waals surface area contributed by atoms with Crippen molar-refractivity contribution in [2.45, 2.75) is 13.0 Å². The summed E-state index contributed by atoms with van der Waals surface area (Å²) in [5.74, 6) is 0.476. The van der Waals surface area contributed by atoms with Gasteiger partial charge in [0.1, 0.15) is 11.9 Å². The summed E-state index contributed by atoms with van der Waals surface area (Å²) in [6, 6.07) is 1.34. The van der Waals surface area contributed by atoms with Gasteiger partial charge in [-0.05, 0) is 6.92 Å². The molecule has 112 valence electrons. The Hall–Kier alpha value is -1.29. The van der Waals surface area contributed by atoms with E-state index in [0.717, 1.165) is 4.31 Å². The molecule has 0 aliphatic carbocycles. The Morgan fingerprint density at radius 2 is 2.20 bits per heavy atom. The molecule has 1 atom stereocenters. The second-order valence-electron chi connectivity index (χ2n) is 4.76. The number of morpholine rings is 1. The lowest BCUT2D eigenvalue weighted by Gasteiger charge is -2.33. The van der Waals surface area contributed by atoms with Gasteiger partial charge in [0.25, 0.3) is 15.8 Å². The summed E-state index contributed by atoms with van der Waals surface area (Å²) < 4.78 is 32.2. The van der Waals surface area contributed by atoms with Gasteiger partial charge in [-0.1, -0.05) is 0 Å². The third-order valence-electron chi connectivity index (χ3n) is 3.03. The minimum Gasteiger partial charge on any atom is -0.369 e. The van der Waals surface area contributed by atoms with E-state index in [9.17, 15) is 13.2 Å². The van der Waals surface area contributed by atoms with E-state index >= 15 is 0 Å². The first-order chi connectivity index (χ1) is 9.30. The van der Waals surface area contributed by atoms with Crippen molar-refractivity contribution in [2.75, 3.05) is 33.8 Å². The lowest BCUT2D eigenvalue weighted by Crippen LogP contribution is -2.47. The number of hydrogen-bond donors (Lipinski definition) is 1. The van der Waals surface area contributed by atoms with Crippen molar-refractivity contribution < 1.29 is 13.2 Å². The van der Waals surface area contributed by atoms with Crippen LogP contribution in [0.25, 0.3) is 0 Å². The van der Waals surface area contributed by atoms with Gasteiger partial charge in [-0.25, -0.2) is 4.98 Å². The van der Waals surface area contributed by atoms with E-state index in [1.165, 1.54) is 24.5 Å². The first-order valence-corrected chi connectivity index (χ1v) is 7.57. The van der Waals surface area contributed by atoms with E-state index < -0.39 is 16.3 Å². The molecule has 8 nitrogen and oxygen atoms in total. The normalized spacial score (nSPS) is 21.3. The number of rotatable bonds is 3. The molecule has 0 aromatic carbocycles. The maximum atomic E-state index is 12.1. The van der Waals surface area contributed by atoms with Gasteiger partial charge in [-0.3, -0.25) is 4.79 Å². The molecule has 1 aliphatic rings. The number of nitrogens with zero attached hydrogens (tertiary/aromatic N) is 3. The summed E-state index contributed by atoms with van der Waals surface area (Å²) in [6.45, 7) is 2.38. The maximum absolute atomic E-state index is 12.1. The lowest BCUT2D eigenvalue weighted by molar-refractivity contribution is -0.00644. The summed E-state index contributed by atoms with van der Waals surface area (Å²) in [5.41, 5.74) is 0.175. The molecule has 0 unspecified atom stereocenters. The highest BCUT2D eigenvalue weighted by Crippen LogP contribution is 2.22. The quantitative estimate of drug-likeness (QED) is 0.793. The van der Waals surface area contributed by atoms with Crippen molar-refractivity contribution in [3.05, 3.63) is 27.9 Å². The molecule has 1 aromatic heterocycles. The minimum absolute atomic E-state index is 0.149. The first kappa shape index (κ1) is 15.1. The molecule has 0 saturated carbocycles. The van der Waals surface area contributed by atoms with Gasteiger partial charge in [0.15, 0.2) is 0 Å². The van der Waals surface area contributed by atoms with Crippen LogP contribution in [0.2, 0.25) is 0 Å². The molecule has 1 N–H and O–H groups in total. The van der Waals surface area contributed by atoms with Gasteiger partial charge < -0.3 is 9.72 Å². The summed E-state index contributed by atoms with van der Waals surface area (Å²) in [7, 11) is -0.525. The van der Waals surface area contributed by atoms with Crippen LogP contribution >= 0.6 is 0 Å². The zero-order valence-corrected chi connectivity index (χ0v) is 12.5. The highest BCUT2D eigenvalue weighted by Gasteiger charge is 2.32. The Bertz CT molecular complexity index is 640. The number of hydrogen-bond acceptors (Lipinski definition) is 5. The molecule has 2 heterocycles. The molecule has 9 heteroatoms. The van der Waals surface area contributed by atoms with Crippen LogP contribution in [0.3, 0.4) is 0 Å². The minimum atomic E-state index is -3.49. The summed E-state index contributed by atoms with van der Waals surface area (Å²) in [6.07, 6.45) is -0.528. The number of aryl methyl sites for hydroxylation is 1. The van der Waals surface area contributed by atoms with E-state index in [1.807, 2.05) is 0 Å². The lowest BCUT2D eigenvalue weighted by atomic mass is 10.2. The maximum Gasteiger partial charge on any atom is 0.281 e. The average molecular weight is 302 g/mol. The molecule has 1 saturated heterocycles. The Morgan fingerprint density at radius 3 is 2.80 bits per heavy atom. The second-order valence-corrected chi connectivity index (χ2v) is 6.91. The third-order valence-corrected chi connectivity index (χ3v) is 4.93. The van der Waals surface area contributed by atoms with Gasteiger partial charge in [0.2, 0.25) is 0 Å². The van der Waals surface area contributed by atoms with E-state index in [1.54, 1.807) is 6.92 Å². The Labute approximate surface area is 117 Å². The Kier molecular flexibility index (Phi) is 4.23. The van der Waals surface area contributed by atoms with Crippen LogP contribution in [0, 0.1) is 6.92 Å². The largest absolute Gasteiger partial charge is 0.369 e. The van der Waals surface area contributed by atoms with Crippen LogP contribution in [0.15, 0.2) is 10.9 Å². The van der Waals surface area contributed by atoms with Gasteiger partial charge in [0, 0.05) is 33.3 Å². The Morgan fingerprint density at radius 1 is 1.50 bits per heavy atom. The zero-order valence-electron chi connectivity index (χ0n) is 11.7. The number of H-pyrrole nitrogens is 1. The molecular formula is C11H18N4O4S.